The van der Waals surface area contributed by atoms with Crippen LogP contribution in [0.3, 0.4) is 0 Å². The number of carbonyl (C=O) groups is 2. The fourth-order valence-corrected chi connectivity index (χ4v) is 5.96. The summed E-state index contributed by atoms with van der Waals surface area (Å²) in [6, 6.07) is 14.0. The van der Waals surface area contributed by atoms with Crippen molar-refractivity contribution in [3.05, 3.63) is 80.2 Å². The number of carbonyl (C=O) groups excluding carboxylic acids is 2. The Morgan fingerprint density at radius 1 is 1.12 bits per heavy atom. The molecule has 168 valence electrons. The van der Waals surface area contributed by atoms with Crippen molar-refractivity contribution in [2.75, 3.05) is 6.61 Å². The summed E-state index contributed by atoms with van der Waals surface area (Å²) in [5, 5.41) is 20.2. The second kappa shape index (κ2) is 9.33. The van der Waals surface area contributed by atoms with Crippen LogP contribution in [0.1, 0.15) is 45.4 Å². The number of allylic oxidation sites excluding steroid dienone is 1. The summed E-state index contributed by atoms with van der Waals surface area (Å²) in [5.74, 6) is -1.19. The molecule has 5 rings (SSSR count). The Kier molecular flexibility index (Phi) is 6.11. The number of benzene rings is 1. The zero-order valence-electron chi connectivity index (χ0n) is 17.7. The minimum atomic E-state index is -0.739. The van der Waals surface area contributed by atoms with Gasteiger partial charge in [0.2, 0.25) is 0 Å². The van der Waals surface area contributed by atoms with Gasteiger partial charge in [-0.15, -0.1) is 22.7 Å². The number of phenols is 1. The van der Waals surface area contributed by atoms with Gasteiger partial charge < -0.3 is 9.84 Å². The number of nitrogens with zero attached hydrogens (tertiary/aromatic N) is 2. The second-order valence-electron chi connectivity index (χ2n) is 7.96. The van der Waals surface area contributed by atoms with Crippen molar-refractivity contribution in [3.8, 4) is 5.75 Å². The normalized spacial score (nSPS) is 21.0. The first-order valence-corrected chi connectivity index (χ1v) is 12.5. The van der Waals surface area contributed by atoms with Gasteiger partial charge in [-0.05, 0) is 65.9 Å². The lowest BCUT2D eigenvalue weighted by Crippen LogP contribution is -2.34. The molecule has 1 fully saturated rings. The molecule has 8 heteroatoms. The fraction of sp³-hybridized carbons (Fsp3) is 0.240. The van der Waals surface area contributed by atoms with Gasteiger partial charge in [0, 0.05) is 15.7 Å². The van der Waals surface area contributed by atoms with E-state index in [1.54, 1.807) is 34.8 Å². The molecule has 3 aromatic rings. The lowest BCUT2D eigenvalue weighted by molar-refractivity contribution is -0.136. The van der Waals surface area contributed by atoms with E-state index in [4.69, 9.17) is 9.84 Å². The summed E-state index contributed by atoms with van der Waals surface area (Å²) >= 11 is 3.28. The molecule has 1 aliphatic carbocycles. The Morgan fingerprint density at radius 3 is 2.70 bits per heavy atom. The highest BCUT2D eigenvalue weighted by Gasteiger charge is 2.44. The summed E-state index contributed by atoms with van der Waals surface area (Å²) < 4.78 is 5.25. The molecule has 1 saturated carbocycles. The highest BCUT2D eigenvalue weighted by Crippen LogP contribution is 2.45. The summed E-state index contributed by atoms with van der Waals surface area (Å²) in [5.41, 5.74) is 2.15. The molecule has 0 spiro atoms. The number of amides is 1. The fourth-order valence-electron chi connectivity index (χ4n) is 4.41. The van der Waals surface area contributed by atoms with Gasteiger partial charge in [-0.2, -0.15) is 5.10 Å². The maximum Gasteiger partial charge on any atom is 0.342 e. The predicted molar refractivity (Wildman–Crippen MR) is 129 cm³/mol. The second-order valence-corrected chi connectivity index (χ2v) is 9.92. The molecule has 1 amide bonds. The molecule has 0 bridgehead atoms. The van der Waals surface area contributed by atoms with Crippen molar-refractivity contribution in [1.82, 2.24) is 5.01 Å². The summed E-state index contributed by atoms with van der Waals surface area (Å²) in [6.07, 6.45) is 5.08. The summed E-state index contributed by atoms with van der Waals surface area (Å²) in [4.78, 5) is 27.8. The summed E-state index contributed by atoms with van der Waals surface area (Å²) in [6.45, 7) is -0.442. The highest BCUT2D eigenvalue weighted by molar-refractivity contribution is 7.11. The molecule has 2 atom stereocenters. The molecule has 2 aromatic heterocycles. The number of thiophene rings is 2. The van der Waals surface area contributed by atoms with Crippen molar-refractivity contribution in [2.45, 2.75) is 25.3 Å². The number of hydrazone groups is 1. The Labute approximate surface area is 199 Å². The Morgan fingerprint density at radius 2 is 1.94 bits per heavy atom. The van der Waals surface area contributed by atoms with Gasteiger partial charge in [-0.25, -0.2) is 9.80 Å². The van der Waals surface area contributed by atoms with E-state index in [2.05, 4.69) is 12.1 Å². The third kappa shape index (κ3) is 4.36. The van der Waals surface area contributed by atoms with Crippen LogP contribution in [0.2, 0.25) is 0 Å². The highest BCUT2D eigenvalue weighted by atomic mass is 32.1. The average Bonchev–Trinajstić information content (AvgIpc) is 3.58. The van der Waals surface area contributed by atoms with E-state index in [9.17, 15) is 14.7 Å². The number of hydrogen-bond donors (Lipinski definition) is 1. The van der Waals surface area contributed by atoms with Gasteiger partial charge in [0.05, 0.1) is 11.8 Å². The van der Waals surface area contributed by atoms with Crippen LogP contribution >= 0.6 is 22.7 Å². The van der Waals surface area contributed by atoms with E-state index in [1.165, 1.54) is 22.0 Å². The minimum Gasteiger partial charge on any atom is -0.507 e. The largest absolute Gasteiger partial charge is 0.507 e. The Balaban J connectivity index is 1.40. The third-order valence-corrected chi connectivity index (χ3v) is 7.66. The number of phenolic OH excluding ortho intramolecular Hbond substituents is 1. The molecule has 2 unspecified atom stereocenters. The van der Waals surface area contributed by atoms with Crippen molar-refractivity contribution in [1.29, 1.82) is 0 Å². The van der Waals surface area contributed by atoms with Crippen LogP contribution in [0, 0.1) is 5.92 Å². The van der Waals surface area contributed by atoms with Crippen LogP contribution in [0.4, 0.5) is 0 Å². The number of rotatable bonds is 5. The smallest absolute Gasteiger partial charge is 0.342 e. The molecule has 1 aromatic carbocycles. The Hall–Kier alpha value is -3.23. The molecule has 0 radical (unpaired) electrons. The molecule has 6 nitrogen and oxygen atoms in total. The van der Waals surface area contributed by atoms with Crippen molar-refractivity contribution in [2.24, 2.45) is 11.0 Å². The molecule has 3 heterocycles. The number of hydrogen-bond acceptors (Lipinski definition) is 7. The van der Waals surface area contributed by atoms with E-state index in [-0.39, 0.29) is 29.2 Å². The molecule has 0 saturated heterocycles. The van der Waals surface area contributed by atoms with Gasteiger partial charge in [-0.1, -0.05) is 24.3 Å². The number of para-hydroxylation sites is 1. The number of esters is 1. The lowest BCUT2D eigenvalue weighted by Gasteiger charge is -2.28. The van der Waals surface area contributed by atoms with Gasteiger partial charge in [0.15, 0.2) is 6.61 Å². The van der Waals surface area contributed by atoms with Crippen LogP contribution < -0.4 is 0 Å². The molecule has 33 heavy (non-hydrogen) atoms. The Bertz CT molecular complexity index is 1220. The average molecular weight is 479 g/mol. The zero-order valence-corrected chi connectivity index (χ0v) is 19.3. The van der Waals surface area contributed by atoms with Gasteiger partial charge >= 0.3 is 5.97 Å². The first kappa shape index (κ1) is 21.6. The van der Waals surface area contributed by atoms with Gasteiger partial charge in [-0.3, -0.25) is 4.79 Å². The van der Waals surface area contributed by atoms with Gasteiger partial charge in [0.25, 0.3) is 5.91 Å². The SMILES string of the molecule is O=C(OCC(=O)N1N=C2C(=Cc3cccs3)CCCC2C1c1cccs1)c1ccccc1O. The van der Waals surface area contributed by atoms with Crippen molar-refractivity contribution >= 4 is 46.3 Å². The van der Waals surface area contributed by atoms with E-state index in [0.29, 0.717) is 0 Å². The van der Waals surface area contributed by atoms with E-state index in [0.717, 1.165) is 35.4 Å². The van der Waals surface area contributed by atoms with E-state index in [1.807, 2.05) is 29.0 Å². The van der Waals surface area contributed by atoms with Crippen LogP contribution in [-0.4, -0.2) is 34.3 Å². The predicted octanol–water partition coefficient (Wildman–Crippen LogP) is 5.50. The topological polar surface area (TPSA) is 79.2 Å². The lowest BCUT2D eigenvalue weighted by atomic mass is 9.79. The quantitative estimate of drug-likeness (QED) is 0.492. The monoisotopic (exact) mass is 478 g/mol. The maximum atomic E-state index is 13.2. The minimum absolute atomic E-state index is 0.0303. The van der Waals surface area contributed by atoms with Gasteiger partial charge in [0.1, 0.15) is 11.3 Å². The molecular formula is C25H22N2O4S2. The zero-order chi connectivity index (χ0) is 22.8. The van der Waals surface area contributed by atoms with Crippen LogP contribution in [0.25, 0.3) is 6.08 Å². The number of fused-ring (bicyclic) bond motifs is 1. The van der Waals surface area contributed by atoms with Crippen LogP contribution in [-0.2, 0) is 9.53 Å². The molecule has 1 N–H and O–H groups in total. The van der Waals surface area contributed by atoms with Crippen LogP contribution in [0.5, 0.6) is 5.75 Å². The number of aromatic hydroxyl groups is 1. The molecule has 1 aliphatic heterocycles. The van der Waals surface area contributed by atoms with Crippen molar-refractivity contribution in [3.63, 3.8) is 0 Å². The van der Waals surface area contributed by atoms with E-state index < -0.39 is 12.6 Å². The first-order valence-electron chi connectivity index (χ1n) is 10.8. The first-order chi connectivity index (χ1) is 16.1. The molecular weight excluding hydrogens is 456 g/mol. The van der Waals surface area contributed by atoms with Crippen molar-refractivity contribution < 1.29 is 19.4 Å². The summed E-state index contributed by atoms with van der Waals surface area (Å²) in [7, 11) is 0. The number of ether oxygens (including phenoxy) is 1. The molecule has 2 aliphatic rings. The maximum absolute atomic E-state index is 13.2. The van der Waals surface area contributed by atoms with E-state index >= 15 is 0 Å². The standard InChI is InChI=1S/C25H22N2O4S2/c28-20-10-2-1-8-18(20)25(30)31-15-22(29)27-24(21-11-5-13-33-21)19-9-3-6-16(23(19)26-27)14-17-7-4-12-32-17/h1-2,4-5,7-8,10-14,19,24,28H,3,6,9,15H2. The van der Waals surface area contributed by atoms with Crippen LogP contribution in [0.15, 0.2) is 70.0 Å². The third-order valence-electron chi connectivity index (χ3n) is 5.90.